The number of thiophene rings is 1. The van der Waals surface area contributed by atoms with Gasteiger partial charge in [0.1, 0.15) is 0 Å². The fourth-order valence-electron chi connectivity index (χ4n) is 4.28. The van der Waals surface area contributed by atoms with E-state index in [1.54, 1.807) is 0 Å². The van der Waals surface area contributed by atoms with Gasteiger partial charge in [-0.25, -0.2) is 0 Å². The molecule has 0 unspecified atom stereocenters. The third-order valence-electron chi connectivity index (χ3n) is 6.16. The molecule has 0 saturated heterocycles. The summed E-state index contributed by atoms with van der Waals surface area (Å²) in [4.78, 5) is 2.88. The molecule has 0 radical (unpaired) electrons. The number of benzene rings is 2. The van der Waals surface area contributed by atoms with Crippen molar-refractivity contribution in [2.45, 2.75) is 91.9 Å². The molecule has 31 heavy (non-hydrogen) atoms. The van der Waals surface area contributed by atoms with Crippen LogP contribution >= 0.6 is 11.3 Å². The normalized spacial score (nSPS) is 12.8. The fraction of sp³-hybridized carbons (Fsp3) is 0.467. The van der Waals surface area contributed by atoms with E-state index in [0.717, 1.165) is 0 Å². The highest BCUT2D eigenvalue weighted by Gasteiger charge is 2.25. The highest BCUT2D eigenvalue weighted by Crippen LogP contribution is 2.48. The third kappa shape index (κ3) is 4.98. The largest absolute Gasteiger partial charge is 0.135 e. The van der Waals surface area contributed by atoms with Gasteiger partial charge in [-0.3, -0.25) is 0 Å². The van der Waals surface area contributed by atoms with Gasteiger partial charge in [-0.1, -0.05) is 118 Å². The number of hydrogen-bond acceptors (Lipinski definition) is 1. The van der Waals surface area contributed by atoms with Gasteiger partial charge in [-0.05, 0) is 56.0 Å². The van der Waals surface area contributed by atoms with Gasteiger partial charge in [0.05, 0.1) is 0 Å². The summed E-state index contributed by atoms with van der Waals surface area (Å²) < 4.78 is 0. The molecule has 2 aromatic carbocycles. The molecule has 0 atom stereocenters. The second-order valence-corrected chi connectivity index (χ2v) is 12.6. The summed E-state index contributed by atoms with van der Waals surface area (Å²) in [6, 6.07) is 18.6. The highest BCUT2D eigenvalue weighted by molar-refractivity contribution is 7.19. The summed E-state index contributed by atoms with van der Waals surface area (Å²) in [6.45, 7) is 23.0. The SMILES string of the molecule is CC(C)c1c(-c2ccc(C(C)(C)C)cc2)sc(-c2ccc(C(C)(C)C)cc2)c1C(C)C. The maximum Gasteiger partial charge on any atom is 0.0386 e. The molecule has 0 spiro atoms. The molecule has 166 valence electrons. The lowest BCUT2D eigenvalue weighted by molar-refractivity contribution is 0.590. The molecule has 0 amide bonds. The fourth-order valence-corrected chi connectivity index (χ4v) is 5.90. The Morgan fingerprint density at radius 3 is 1.03 bits per heavy atom. The van der Waals surface area contributed by atoms with Crippen LogP contribution in [0.25, 0.3) is 20.9 Å². The van der Waals surface area contributed by atoms with Gasteiger partial charge in [0, 0.05) is 9.75 Å². The first-order valence-corrected chi connectivity index (χ1v) is 12.5. The van der Waals surface area contributed by atoms with Crippen molar-refractivity contribution >= 4 is 11.3 Å². The van der Waals surface area contributed by atoms with E-state index in [1.165, 1.54) is 43.1 Å². The van der Waals surface area contributed by atoms with Crippen molar-refractivity contribution in [2.24, 2.45) is 0 Å². The lowest BCUT2D eigenvalue weighted by Crippen LogP contribution is -2.10. The van der Waals surface area contributed by atoms with Crippen molar-refractivity contribution in [3.05, 3.63) is 70.8 Å². The quantitative estimate of drug-likeness (QED) is 0.385. The molecular formula is C30H40S. The Kier molecular flexibility index (Phi) is 6.59. The van der Waals surface area contributed by atoms with Crippen LogP contribution in [0.4, 0.5) is 0 Å². The van der Waals surface area contributed by atoms with Crippen LogP contribution in [0.15, 0.2) is 48.5 Å². The Bertz CT molecular complexity index is 930. The van der Waals surface area contributed by atoms with Crippen LogP contribution in [0.2, 0.25) is 0 Å². The standard InChI is InChI=1S/C30H40S/c1-19(2)25-26(20(3)4)28(22-13-17-24(18-14-22)30(8,9)10)31-27(25)21-11-15-23(16-12-21)29(5,6)7/h11-20H,1-10H3. The van der Waals surface area contributed by atoms with Gasteiger partial charge in [0.15, 0.2) is 0 Å². The lowest BCUT2D eigenvalue weighted by atomic mass is 9.84. The molecule has 0 nitrogen and oxygen atoms in total. The van der Waals surface area contributed by atoms with Gasteiger partial charge < -0.3 is 0 Å². The van der Waals surface area contributed by atoms with Crippen molar-refractivity contribution in [3.8, 4) is 20.9 Å². The van der Waals surface area contributed by atoms with Crippen molar-refractivity contribution < 1.29 is 0 Å². The van der Waals surface area contributed by atoms with Crippen molar-refractivity contribution in [2.75, 3.05) is 0 Å². The third-order valence-corrected chi connectivity index (χ3v) is 7.48. The van der Waals surface area contributed by atoms with Crippen LogP contribution in [-0.4, -0.2) is 0 Å². The van der Waals surface area contributed by atoms with Crippen LogP contribution in [0.5, 0.6) is 0 Å². The Morgan fingerprint density at radius 2 is 0.806 bits per heavy atom. The number of hydrogen-bond donors (Lipinski definition) is 0. The summed E-state index contributed by atoms with van der Waals surface area (Å²) in [6.07, 6.45) is 0. The first-order valence-electron chi connectivity index (χ1n) is 11.7. The zero-order valence-corrected chi connectivity index (χ0v) is 22.0. The maximum absolute atomic E-state index is 2.34. The Morgan fingerprint density at radius 1 is 0.516 bits per heavy atom. The summed E-state index contributed by atoms with van der Waals surface area (Å²) in [5.74, 6) is 0.988. The molecule has 3 aromatic rings. The summed E-state index contributed by atoms with van der Waals surface area (Å²) in [5, 5.41) is 0. The minimum atomic E-state index is 0.178. The van der Waals surface area contributed by atoms with Crippen molar-refractivity contribution in [3.63, 3.8) is 0 Å². The zero-order valence-electron chi connectivity index (χ0n) is 21.2. The van der Waals surface area contributed by atoms with Gasteiger partial charge in [-0.2, -0.15) is 0 Å². The Hall–Kier alpha value is -1.86. The first kappa shape index (κ1) is 23.8. The predicted molar refractivity (Wildman–Crippen MR) is 141 cm³/mol. The van der Waals surface area contributed by atoms with Crippen molar-refractivity contribution in [1.82, 2.24) is 0 Å². The smallest absolute Gasteiger partial charge is 0.0386 e. The highest BCUT2D eigenvalue weighted by atomic mass is 32.1. The lowest BCUT2D eigenvalue weighted by Gasteiger charge is -2.20. The first-order chi connectivity index (χ1) is 14.3. The van der Waals surface area contributed by atoms with E-state index >= 15 is 0 Å². The Labute approximate surface area is 194 Å². The molecule has 0 saturated carbocycles. The van der Waals surface area contributed by atoms with E-state index in [9.17, 15) is 0 Å². The van der Waals surface area contributed by atoms with Crippen LogP contribution in [0.3, 0.4) is 0 Å². The molecule has 0 bridgehead atoms. The van der Waals surface area contributed by atoms with Gasteiger partial charge in [0.2, 0.25) is 0 Å². The average Bonchev–Trinajstić information content (AvgIpc) is 3.08. The summed E-state index contributed by atoms with van der Waals surface area (Å²) in [7, 11) is 0. The van der Waals surface area contributed by atoms with Crippen LogP contribution in [0.1, 0.15) is 103 Å². The molecule has 0 aliphatic rings. The minimum absolute atomic E-state index is 0.178. The molecule has 1 aromatic heterocycles. The molecule has 0 aliphatic heterocycles. The average molecular weight is 433 g/mol. The molecule has 0 aliphatic carbocycles. The summed E-state index contributed by atoms with van der Waals surface area (Å²) >= 11 is 1.98. The van der Waals surface area contributed by atoms with E-state index in [1.807, 2.05) is 11.3 Å². The maximum atomic E-state index is 2.34. The van der Waals surface area contributed by atoms with Gasteiger partial charge in [0.25, 0.3) is 0 Å². The van der Waals surface area contributed by atoms with Gasteiger partial charge >= 0.3 is 0 Å². The van der Waals surface area contributed by atoms with E-state index in [2.05, 4.69) is 118 Å². The Balaban J connectivity index is 2.18. The van der Waals surface area contributed by atoms with Crippen LogP contribution in [-0.2, 0) is 10.8 Å². The number of rotatable bonds is 4. The van der Waals surface area contributed by atoms with E-state index in [-0.39, 0.29) is 10.8 Å². The van der Waals surface area contributed by atoms with Crippen LogP contribution in [0, 0.1) is 0 Å². The molecule has 1 heteroatoms. The topological polar surface area (TPSA) is 0 Å². The second kappa shape index (κ2) is 8.58. The zero-order chi connectivity index (χ0) is 23.1. The summed E-state index contributed by atoms with van der Waals surface area (Å²) in [5.41, 5.74) is 8.89. The van der Waals surface area contributed by atoms with E-state index < -0.39 is 0 Å². The molecule has 0 fully saturated rings. The monoisotopic (exact) mass is 432 g/mol. The van der Waals surface area contributed by atoms with Crippen molar-refractivity contribution in [1.29, 1.82) is 0 Å². The predicted octanol–water partition coefficient (Wildman–Crippen LogP) is 9.92. The van der Waals surface area contributed by atoms with E-state index in [0.29, 0.717) is 11.8 Å². The molecule has 0 N–H and O–H groups in total. The molecule has 3 rings (SSSR count). The molecular weight excluding hydrogens is 392 g/mol. The second-order valence-electron chi connectivity index (χ2n) is 11.6. The minimum Gasteiger partial charge on any atom is -0.135 e. The molecule has 1 heterocycles. The van der Waals surface area contributed by atoms with Crippen LogP contribution < -0.4 is 0 Å². The van der Waals surface area contributed by atoms with Gasteiger partial charge in [-0.15, -0.1) is 11.3 Å². The van der Waals surface area contributed by atoms with E-state index in [4.69, 9.17) is 0 Å².